The highest BCUT2D eigenvalue weighted by Crippen LogP contribution is 2.29. The summed E-state index contributed by atoms with van der Waals surface area (Å²) in [7, 11) is 0. The molecule has 0 radical (unpaired) electrons. The number of nitrogens with one attached hydrogen (secondary N) is 2. The molecular weight excluding hydrogens is 380 g/mol. The quantitative estimate of drug-likeness (QED) is 0.533. The number of carbonyl (C=O) groups is 2. The van der Waals surface area contributed by atoms with Crippen LogP contribution in [0, 0.1) is 19.3 Å². The Morgan fingerprint density at radius 3 is 2.38 bits per heavy atom. The van der Waals surface area contributed by atoms with E-state index in [0.717, 1.165) is 21.8 Å². The van der Waals surface area contributed by atoms with Gasteiger partial charge in [0.05, 0.1) is 5.25 Å². The summed E-state index contributed by atoms with van der Waals surface area (Å²) >= 11 is 1.52. The van der Waals surface area contributed by atoms with Crippen LogP contribution >= 0.6 is 11.8 Å². The van der Waals surface area contributed by atoms with Crippen molar-refractivity contribution >= 4 is 35.0 Å². The van der Waals surface area contributed by atoms with Gasteiger partial charge in [-0.05, 0) is 55.5 Å². The molecule has 5 heteroatoms. The minimum absolute atomic E-state index is 0.000666. The highest BCUT2D eigenvalue weighted by molar-refractivity contribution is 8.00. The average Bonchev–Trinajstić information content (AvgIpc) is 2.60. The number of aryl methyl sites for hydroxylation is 2. The molecule has 0 spiro atoms. The zero-order valence-electron chi connectivity index (χ0n) is 18.3. The minimum atomic E-state index is -0.212. The second-order valence-corrected chi connectivity index (χ2v) is 9.91. The van der Waals surface area contributed by atoms with Crippen molar-refractivity contribution in [2.45, 2.75) is 64.5 Å². The van der Waals surface area contributed by atoms with Gasteiger partial charge in [0.1, 0.15) is 0 Å². The van der Waals surface area contributed by atoms with Gasteiger partial charge in [-0.15, -0.1) is 11.8 Å². The van der Waals surface area contributed by atoms with Crippen molar-refractivity contribution in [3.05, 3.63) is 53.6 Å². The summed E-state index contributed by atoms with van der Waals surface area (Å²) in [4.78, 5) is 26.0. The van der Waals surface area contributed by atoms with E-state index in [1.165, 1.54) is 17.3 Å². The molecule has 4 nitrogen and oxygen atoms in total. The first kappa shape index (κ1) is 23.0. The van der Waals surface area contributed by atoms with Gasteiger partial charge in [-0.25, -0.2) is 0 Å². The Kier molecular flexibility index (Phi) is 7.91. The lowest BCUT2D eigenvalue weighted by molar-refractivity contribution is -0.118. The molecule has 0 bridgehead atoms. The van der Waals surface area contributed by atoms with Gasteiger partial charge in [-0.3, -0.25) is 9.59 Å². The monoisotopic (exact) mass is 412 g/mol. The van der Waals surface area contributed by atoms with Gasteiger partial charge in [0.25, 0.3) is 0 Å². The largest absolute Gasteiger partial charge is 0.326 e. The molecule has 156 valence electrons. The molecule has 1 atom stereocenters. The van der Waals surface area contributed by atoms with Crippen LogP contribution in [-0.4, -0.2) is 17.1 Å². The summed E-state index contributed by atoms with van der Waals surface area (Å²) in [6, 6.07) is 13.7. The number of hydrogen-bond acceptors (Lipinski definition) is 3. The molecule has 1 unspecified atom stereocenters. The van der Waals surface area contributed by atoms with Gasteiger partial charge in [0.2, 0.25) is 11.8 Å². The van der Waals surface area contributed by atoms with Crippen molar-refractivity contribution in [1.82, 2.24) is 0 Å². The number of hydrogen-bond donors (Lipinski definition) is 2. The van der Waals surface area contributed by atoms with Crippen LogP contribution in [-0.2, 0) is 9.59 Å². The zero-order valence-corrected chi connectivity index (χ0v) is 19.1. The third kappa shape index (κ3) is 7.58. The topological polar surface area (TPSA) is 58.2 Å². The number of amides is 2. The molecule has 0 aliphatic heterocycles. The molecule has 2 aromatic rings. The number of carbonyl (C=O) groups excluding carboxylic acids is 2. The van der Waals surface area contributed by atoms with Crippen molar-refractivity contribution in [3.8, 4) is 0 Å². The fourth-order valence-electron chi connectivity index (χ4n) is 2.99. The van der Waals surface area contributed by atoms with Crippen LogP contribution in [0.3, 0.4) is 0 Å². The molecule has 2 aromatic carbocycles. The molecule has 0 aliphatic carbocycles. The summed E-state index contributed by atoms with van der Waals surface area (Å²) < 4.78 is 0. The fraction of sp³-hybridized carbons (Fsp3) is 0.417. The third-order valence-electron chi connectivity index (χ3n) is 4.39. The van der Waals surface area contributed by atoms with Crippen LogP contribution in [0.2, 0.25) is 0 Å². The lowest BCUT2D eigenvalue weighted by Gasteiger charge is -2.18. The normalized spacial score (nSPS) is 12.3. The molecular formula is C24H32N2O2S. The van der Waals surface area contributed by atoms with Gasteiger partial charge in [-0.1, -0.05) is 51.5 Å². The van der Waals surface area contributed by atoms with Gasteiger partial charge in [-0.2, -0.15) is 0 Å². The van der Waals surface area contributed by atoms with E-state index in [2.05, 4.69) is 16.7 Å². The Morgan fingerprint density at radius 1 is 1.03 bits per heavy atom. The van der Waals surface area contributed by atoms with E-state index in [4.69, 9.17) is 0 Å². The molecule has 0 fully saturated rings. The molecule has 0 aliphatic rings. The van der Waals surface area contributed by atoms with Gasteiger partial charge < -0.3 is 10.6 Å². The highest BCUT2D eigenvalue weighted by atomic mass is 32.2. The highest BCUT2D eigenvalue weighted by Gasteiger charge is 2.20. The Balaban J connectivity index is 2.04. The summed E-state index contributed by atoms with van der Waals surface area (Å²) in [6.07, 6.45) is 1.17. The molecule has 29 heavy (non-hydrogen) atoms. The fourth-order valence-corrected chi connectivity index (χ4v) is 4.00. The van der Waals surface area contributed by atoms with Crippen LogP contribution in [0.1, 0.15) is 51.7 Å². The molecule has 0 saturated carbocycles. The average molecular weight is 413 g/mol. The van der Waals surface area contributed by atoms with E-state index in [1.807, 2.05) is 77.9 Å². The van der Waals surface area contributed by atoms with Crippen LogP contribution in [0.25, 0.3) is 0 Å². The van der Waals surface area contributed by atoms with E-state index >= 15 is 0 Å². The maximum atomic E-state index is 12.8. The van der Waals surface area contributed by atoms with Crippen molar-refractivity contribution < 1.29 is 9.59 Å². The molecule has 2 N–H and O–H groups in total. The summed E-state index contributed by atoms with van der Waals surface area (Å²) in [5.41, 5.74) is 3.78. The summed E-state index contributed by atoms with van der Waals surface area (Å²) in [5.74, 6) is -0.00842. The number of thioether (sulfide) groups is 1. The number of benzene rings is 2. The van der Waals surface area contributed by atoms with Gasteiger partial charge >= 0.3 is 0 Å². The SMILES string of the molecule is CCC(Sc1cccc(NC(=O)CC(C)(C)C)c1)C(=O)Nc1ccc(C)cc1C. The smallest absolute Gasteiger partial charge is 0.237 e. The zero-order chi connectivity index (χ0) is 21.6. The standard InChI is InChI=1S/C24H32N2O2S/c1-7-21(23(28)26-20-12-11-16(2)13-17(20)3)29-19-10-8-9-18(14-19)25-22(27)15-24(4,5)6/h8-14,21H,7,15H2,1-6H3,(H,25,27)(H,26,28). The summed E-state index contributed by atoms with van der Waals surface area (Å²) in [5, 5.41) is 5.80. The van der Waals surface area contributed by atoms with Crippen LogP contribution in [0.15, 0.2) is 47.4 Å². The Hall–Kier alpha value is -2.27. The van der Waals surface area contributed by atoms with Gasteiger partial charge in [0, 0.05) is 22.7 Å². The number of anilines is 2. The number of rotatable bonds is 7. The molecule has 0 saturated heterocycles. The van der Waals surface area contributed by atoms with Crippen molar-refractivity contribution in [3.63, 3.8) is 0 Å². The Labute approximate surface area is 178 Å². The lowest BCUT2D eigenvalue weighted by atomic mass is 9.92. The maximum Gasteiger partial charge on any atom is 0.237 e. The van der Waals surface area contributed by atoms with E-state index in [-0.39, 0.29) is 22.5 Å². The van der Waals surface area contributed by atoms with Crippen LogP contribution < -0.4 is 10.6 Å². The van der Waals surface area contributed by atoms with Crippen molar-refractivity contribution in [2.75, 3.05) is 10.6 Å². The van der Waals surface area contributed by atoms with Crippen LogP contribution in [0.5, 0.6) is 0 Å². The molecule has 0 heterocycles. The predicted molar refractivity (Wildman–Crippen MR) is 124 cm³/mol. The Morgan fingerprint density at radius 2 is 1.76 bits per heavy atom. The maximum absolute atomic E-state index is 12.8. The first-order valence-corrected chi connectivity index (χ1v) is 10.9. The second kappa shape index (κ2) is 9.97. The third-order valence-corrected chi connectivity index (χ3v) is 5.75. The first-order chi connectivity index (χ1) is 13.6. The summed E-state index contributed by atoms with van der Waals surface area (Å²) in [6.45, 7) is 12.2. The van der Waals surface area contributed by atoms with E-state index in [0.29, 0.717) is 12.8 Å². The van der Waals surface area contributed by atoms with Crippen LogP contribution in [0.4, 0.5) is 11.4 Å². The molecule has 2 amide bonds. The Bertz CT molecular complexity index is 871. The predicted octanol–water partition coefficient (Wildman–Crippen LogP) is 6.19. The molecule has 0 aromatic heterocycles. The second-order valence-electron chi connectivity index (χ2n) is 8.64. The lowest BCUT2D eigenvalue weighted by Crippen LogP contribution is -2.25. The van der Waals surface area contributed by atoms with E-state index < -0.39 is 0 Å². The van der Waals surface area contributed by atoms with Crippen molar-refractivity contribution in [1.29, 1.82) is 0 Å². The van der Waals surface area contributed by atoms with Gasteiger partial charge in [0.15, 0.2) is 0 Å². The van der Waals surface area contributed by atoms with Crippen molar-refractivity contribution in [2.24, 2.45) is 5.41 Å². The van der Waals surface area contributed by atoms with E-state index in [9.17, 15) is 9.59 Å². The minimum Gasteiger partial charge on any atom is -0.326 e. The van der Waals surface area contributed by atoms with E-state index in [1.54, 1.807) is 0 Å². The first-order valence-electron chi connectivity index (χ1n) is 10.0. The molecule has 2 rings (SSSR count).